The summed E-state index contributed by atoms with van der Waals surface area (Å²) in [7, 11) is 0. The molecule has 2 nitrogen and oxygen atoms in total. The second-order valence-corrected chi connectivity index (χ2v) is 5.47. The van der Waals surface area contributed by atoms with Gasteiger partial charge >= 0.3 is 0 Å². The Kier molecular flexibility index (Phi) is 4.54. The van der Waals surface area contributed by atoms with Crippen LogP contribution < -0.4 is 0 Å². The molecule has 18 heavy (non-hydrogen) atoms. The van der Waals surface area contributed by atoms with E-state index in [9.17, 15) is 4.79 Å². The van der Waals surface area contributed by atoms with Gasteiger partial charge in [-0.25, -0.2) is 0 Å². The standard InChI is InChI=1S/C16H23NO/c1-13(2)16(18)15(14-9-5-3-6-10-14)17-11-7-4-8-12-17/h3,5-6,9-10,13,15H,4,7-8,11-12H2,1-2H3. The number of hydrogen-bond donors (Lipinski definition) is 0. The molecule has 0 radical (unpaired) electrons. The predicted octanol–water partition coefficient (Wildman–Crippen LogP) is 3.44. The highest BCUT2D eigenvalue weighted by atomic mass is 16.1. The molecule has 0 spiro atoms. The molecule has 1 aromatic rings. The average Bonchev–Trinajstić information content (AvgIpc) is 2.41. The monoisotopic (exact) mass is 245 g/mol. The third kappa shape index (κ3) is 2.99. The lowest BCUT2D eigenvalue weighted by molar-refractivity contribution is -0.128. The SMILES string of the molecule is CC(C)C(=O)C(c1ccccc1)N1CCCCC1. The van der Waals surface area contributed by atoms with Crippen molar-refractivity contribution in [3.05, 3.63) is 35.9 Å². The molecule has 2 rings (SSSR count). The molecule has 0 aromatic heterocycles. The quantitative estimate of drug-likeness (QED) is 0.810. The summed E-state index contributed by atoms with van der Waals surface area (Å²) in [4.78, 5) is 14.9. The van der Waals surface area contributed by atoms with Crippen LogP contribution in [0.4, 0.5) is 0 Å². The topological polar surface area (TPSA) is 20.3 Å². The lowest BCUT2D eigenvalue weighted by Gasteiger charge is -2.34. The Labute approximate surface area is 110 Å². The first kappa shape index (κ1) is 13.3. The summed E-state index contributed by atoms with van der Waals surface area (Å²) in [5, 5.41) is 0. The van der Waals surface area contributed by atoms with Crippen molar-refractivity contribution in [3.63, 3.8) is 0 Å². The van der Waals surface area contributed by atoms with Gasteiger partial charge in [-0.1, -0.05) is 50.6 Å². The van der Waals surface area contributed by atoms with Gasteiger partial charge in [-0.3, -0.25) is 9.69 Å². The number of likely N-dealkylation sites (tertiary alicyclic amines) is 1. The van der Waals surface area contributed by atoms with E-state index in [-0.39, 0.29) is 12.0 Å². The fourth-order valence-corrected chi connectivity index (χ4v) is 2.68. The Morgan fingerprint density at radius 2 is 1.67 bits per heavy atom. The molecule has 0 aliphatic carbocycles. The van der Waals surface area contributed by atoms with Crippen molar-refractivity contribution in [1.82, 2.24) is 4.90 Å². The van der Waals surface area contributed by atoms with Crippen molar-refractivity contribution in [1.29, 1.82) is 0 Å². The minimum Gasteiger partial charge on any atom is -0.297 e. The molecular weight excluding hydrogens is 222 g/mol. The maximum absolute atomic E-state index is 12.5. The molecule has 98 valence electrons. The molecule has 1 atom stereocenters. The van der Waals surface area contributed by atoms with E-state index in [0.717, 1.165) is 18.7 Å². The maximum atomic E-state index is 12.5. The molecule has 0 amide bonds. The Bertz CT molecular complexity index is 379. The number of rotatable bonds is 4. The number of piperidine rings is 1. The summed E-state index contributed by atoms with van der Waals surface area (Å²) in [6.07, 6.45) is 3.73. The van der Waals surface area contributed by atoms with E-state index < -0.39 is 0 Å². The number of ketones is 1. The smallest absolute Gasteiger partial charge is 0.157 e. The molecule has 0 N–H and O–H groups in total. The average molecular weight is 245 g/mol. The Morgan fingerprint density at radius 1 is 1.06 bits per heavy atom. The van der Waals surface area contributed by atoms with Crippen LogP contribution in [0.1, 0.15) is 44.7 Å². The van der Waals surface area contributed by atoms with E-state index in [2.05, 4.69) is 17.0 Å². The second-order valence-electron chi connectivity index (χ2n) is 5.47. The highest BCUT2D eigenvalue weighted by molar-refractivity contribution is 5.86. The zero-order valence-corrected chi connectivity index (χ0v) is 11.4. The van der Waals surface area contributed by atoms with Crippen LogP contribution in [0.5, 0.6) is 0 Å². The molecule has 1 aliphatic heterocycles. The van der Waals surface area contributed by atoms with Crippen LogP contribution in [0.15, 0.2) is 30.3 Å². The number of Topliss-reactive ketones (excluding diaryl/α,β-unsaturated/α-hetero) is 1. The van der Waals surface area contributed by atoms with E-state index in [1.807, 2.05) is 32.0 Å². The Morgan fingerprint density at radius 3 is 2.22 bits per heavy atom. The van der Waals surface area contributed by atoms with Gasteiger partial charge in [-0.05, 0) is 31.5 Å². The van der Waals surface area contributed by atoms with Gasteiger partial charge in [-0.15, -0.1) is 0 Å². The first-order valence-corrected chi connectivity index (χ1v) is 7.03. The van der Waals surface area contributed by atoms with Crippen LogP contribution in [0.25, 0.3) is 0 Å². The van der Waals surface area contributed by atoms with Crippen molar-refractivity contribution in [2.45, 2.75) is 39.2 Å². The minimum atomic E-state index is -0.0356. The lowest BCUT2D eigenvalue weighted by atomic mass is 9.92. The molecule has 1 aliphatic rings. The highest BCUT2D eigenvalue weighted by Gasteiger charge is 2.29. The van der Waals surface area contributed by atoms with E-state index in [0.29, 0.717) is 5.78 Å². The summed E-state index contributed by atoms with van der Waals surface area (Å²) in [6, 6.07) is 10.2. The molecule has 0 saturated carbocycles. The van der Waals surface area contributed by atoms with Crippen molar-refractivity contribution >= 4 is 5.78 Å². The van der Waals surface area contributed by atoms with E-state index in [4.69, 9.17) is 0 Å². The van der Waals surface area contributed by atoms with Gasteiger partial charge in [-0.2, -0.15) is 0 Å². The van der Waals surface area contributed by atoms with Crippen molar-refractivity contribution in [2.24, 2.45) is 5.92 Å². The number of nitrogens with zero attached hydrogens (tertiary/aromatic N) is 1. The van der Waals surface area contributed by atoms with Crippen LogP contribution in [0.3, 0.4) is 0 Å². The third-order valence-corrected chi connectivity index (χ3v) is 3.71. The second kappa shape index (κ2) is 6.14. The molecule has 1 unspecified atom stereocenters. The Balaban J connectivity index is 2.25. The van der Waals surface area contributed by atoms with Gasteiger partial charge in [0.15, 0.2) is 5.78 Å². The largest absolute Gasteiger partial charge is 0.297 e. The van der Waals surface area contributed by atoms with Crippen LogP contribution in [0, 0.1) is 5.92 Å². The zero-order valence-electron chi connectivity index (χ0n) is 11.4. The van der Waals surface area contributed by atoms with Gasteiger partial charge in [0.1, 0.15) is 0 Å². The van der Waals surface area contributed by atoms with Crippen LogP contribution in [-0.2, 0) is 4.79 Å². The van der Waals surface area contributed by atoms with Gasteiger partial charge in [0.05, 0.1) is 6.04 Å². The molecule has 0 bridgehead atoms. The van der Waals surface area contributed by atoms with Crippen LogP contribution >= 0.6 is 0 Å². The molecule has 2 heteroatoms. The van der Waals surface area contributed by atoms with Crippen molar-refractivity contribution in [2.75, 3.05) is 13.1 Å². The van der Waals surface area contributed by atoms with Crippen molar-refractivity contribution in [3.8, 4) is 0 Å². The summed E-state index contributed by atoms with van der Waals surface area (Å²) >= 11 is 0. The van der Waals surface area contributed by atoms with Gasteiger partial charge < -0.3 is 0 Å². The molecule has 1 fully saturated rings. The first-order valence-electron chi connectivity index (χ1n) is 7.03. The van der Waals surface area contributed by atoms with Gasteiger partial charge in [0, 0.05) is 5.92 Å². The molecule has 1 aromatic carbocycles. The minimum absolute atomic E-state index is 0.0356. The normalized spacial score (nSPS) is 18.8. The molecule has 1 heterocycles. The van der Waals surface area contributed by atoms with E-state index in [1.54, 1.807) is 0 Å². The number of hydrogen-bond acceptors (Lipinski definition) is 2. The number of carbonyl (C=O) groups excluding carboxylic acids is 1. The van der Waals surface area contributed by atoms with Crippen LogP contribution in [-0.4, -0.2) is 23.8 Å². The maximum Gasteiger partial charge on any atom is 0.157 e. The number of benzene rings is 1. The fourth-order valence-electron chi connectivity index (χ4n) is 2.68. The number of carbonyl (C=O) groups is 1. The van der Waals surface area contributed by atoms with Gasteiger partial charge in [0.25, 0.3) is 0 Å². The highest BCUT2D eigenvalue weighted by Crippen LogP contribution is 2.27. The van der Waals surface area contributed by atoms with E-state index >= 15 is 0 Å². The third-order valence-electron chi connectivity index (χ3n) is 3.71. The fraction of sp³-hybridized carbons (Fsp3) is 0.562. The predicted molar refractivity (Wildman–Crippen MR) is 74.5 cm³/mol. The van der Waals surface area contributed by atoms with Gasteiger partial charge in [0.2, 0.25) is 0 Å². The van der Waals surface area contributed by atoms with Crippen molar-refractivity contribution < 1.29 is 4.79 Å². The summed E-state index contributed by atoms with van der Waals surface area (Å²) in [6.45, 7) is 6.11. The molecular formula is C16H23NO. The summed E-state index contributed by atoms with van der Waals surface area (Å²) in [5.41, 5.74) is 1.15. The van der Waals surface area contributed by atoms with E-state index in [1.165, 1.54) is 19.3 Å². The lowest BCUT2D eigenvalue weighted by Crippen LogP contribution is -2.39. The molecule has 1 saturated heterocycles. The zero-order chi connectivity index (χ0) is 13.0. The Hall–Kier alpha value is -1.15. The summed E-state index contributed by atoms with van der Waals surface area (Å²) < 4.78 is 0. The van der Waals surface area contributed by atoms with Crippen LogP contribution in [0.2, 0.25) is 0 Å². The summed E-state index contributed by atoms with van der Waals surface area (Å²) in [5.74, 6) is 0.445. The first-order chi connectivity index (χ1) is 8.70.